The standard InChI is InChI=1S/C26H24N2O5S/c29-25(27-16-17-32-19-11-13-20(14-12-19)34-26(30)28-31)24-22(15-10-18-6-2-1-3-7-18)21-8-4-5-9-23(21)33-24/h1-9,11-14,31H,10,15-17H2,(H,27,29)(H,28,30). The van der Waals surface area contributed by atoms with E-state index in [1.54, 1.807) is 29.7 Å². The van der Waals surface area contributed by atoms with Crippen LogP contribution in [0, 0.1) is 0 Å². The summed E-state index contributed by atoms with van der Waals surface area (Å²) in [6.07, 6.45) is 1.50. The molecule has 0 aliphatic rings. The van der Waals surface area contributed by atoms with E-state index in [1.807, 2.05) is 42.5 Å². The van der Waals surface area contributed by atoms with Gasteiger partial charge in [-0.05, 0) is 60.5 Å². The van der Waals surface area contributed by atoms with Crippen molar-refractivity contribution in [2.45, 2.75) is 17.7 Å². The highest BCUT2D eigenvalue weighted by molar-refractivity contribution is 8.13. The number of hydrogen-bond donors (Lipinski definition) is 3. The van der Waals surface area contributed by atoms with Crippen molar-refractivity contribution in [3.8, 4) is 5.75 Å². The molecule has 1 aromatic heterocycles. The Hall–Kier alpha value is -3.75. The number of para-hydroxylation sites is 1. The molecule has 4 rings (SSSR count). The van der Waals surface area contributed by atoms with E-state index in [2.05, 4.69) is 17.4 Å². The van der Waals surface area contributed by atoms with E-state index in [4.69, 9.17) is 14.4 Å². The SMILES string of the molecule is O=C(NO)Sc1ccc(OCCNC(=O)c2oc3ccccc3c2CCc2ccccc2)cc1. The quantitative estimate of drug-likeness (QED) is 0.133. The number of fused-ring (bicyclic) bond motifs is 1. The smallest absolute Gasteiger partial charge is 0.307 e. The number of thioether (sulfide) groups is 1. The molecule has 34 heavy (non-hydrogen) atoms. The summed E-state index contributed by atoms with van der Waals surface area (Å²) >= 11 is 0.865. The van der Waals surface area contributed by atoms with Gasteiger partial charge in [0.1, 0.15) is 17.9 Å². The minimum Gasteiger partial charge on any atom is -0.492 e. The van der Waals surface area contributed by atoms with Gasteiger partial charge in [0.2, 0.25) is 0 Å². The Labute approximate surface area is 201 Å². The van der Waals surface area contributed by atoms with E-state index in [0.29, 0.717) is 35.0 Å². The Morgan fingerprint density at radius 2 is 1.65 bits per heavy atom. The largest absolute Gasteiger partial charge is 0.492 e. The highest BCUT2D eigenvalue weighted by atomic mass is 32.2. The Morgan fingerprint density at radius 3 is 2.41 bits per heavy atom. The summed E-state index contributed by atoms with van der Waals surface area (Å²) in [6.45, 7) is 0.576. The maximum atomic E-state index is 12.9. The fourth-order valence-electron chi connectivity index (χ4n) is 3.59. The zero-order valence-electron chi connectivity index (χ0n) is 18.3. The molecule has 0 atom stereocenters. The molecule has 0 aliphatic heterocycles. The number of benzene rings is 3. The lowest BCUT2D eigenvalue weighted by Gasteiger charge is -2.08. The van der Waals surface area contributed by atoms with E-state index in [-0.39, 0.29) is 12.5 Å². The summed E-state index contributed by atoms with van der Waals surface area (Å²) in [5.74, 6) is 0.667. The van der Waals surface area contributed by atoms with Gasteiger partial charge in [-0.3, -0.25) is 14.8 Å². The van der Waals surface area contributed by atoms with Gasteiger partial charge >= 0.3 is 5.24 Å². The average Bonchev–Trinajstić information content (AvgIpc) is 3.25. The van der Waals surface area contributed by atoms with Crippen molar-refractivity contribution >= 4 is 33.9 Å². The molecule has 7 nitrogen and oxygen atoms in total. The maximum absolute atomic E-state index is 12.9. The van der Waals surface area contributed by atoms with E-state index in [1.165, 1.54) is 5.56 Å². The number of carbonyl (C=O) groups excluding carboxylic acids is 2. The molecule has 0 unspecified atom stereocenters. The van der Waals surface area contributed by atoms with Crippen molar-refractivity contribution in [3.63, 3.8) is 0 Å². The van der Waals surface area contributed by atoms with Crippen LogP contribution in [0.25, 0.3) is 11.0 Å². The van der Waals surface area contributed by atoms with Crippen LogP contribution in [0.1, 0.15) is 21.7 Å². The molecule has 4 aromatic rings. The Bertz CT molecular complexity index is 1260. The summed E-state index contributed by atoms with van der Waals surface area (Å²) in [7, 11) is 0. The minimum atomic E-state index is -0.565. The van der Waals surface area contributed by atoms with Gasteiger partial charge in [0, 0.05) is 15.8 Å². The number of nitrogens with one attached hydrogen (secondary N) is 2. The van der Waals surface area contributed by atoms with Crippen molar-refractivity contribution in [2.24, 2.45) is 0 Å². The monoisotopic (exact) mass is 476 g/mol. The van der Waals surface area contributed by atoms with Crippen molar-refractivity contribution in [3.05, 3.63) is 95.7 Å². The van der Waals surface area contributed by atoms with E-state index in [0.717, 1.165) is 29.1 Å². The molecule has 0 saturated carbocycles. The fourth-order valence-corrected chi connectivity index (χ4v) is 4.12. The summed E-state index contributed by atoms with van der Waals surface area (Å²) in [4.78, 5) is 24.8. The Kier molecular flexibility index (Phi) is 7.85. The first-order valence-corrected chi connectivity index (χ1v) is 11.6. The van der Waals surface area contributed by atoms with Crippen molar-refractivity contribution in [1.82, 2.24) is 10.8 Å². The molecule has 0 aliphatic carbocycles. The van der Waals surface area contributed by atoms with Gasteiger partial charge in [0.15, 0.2) is 5.76 Å². The minimum absolute atomic E-state index is 0.273. The molecule has 2 amide bonds. The van der Waals surface area contributed by atoms with Gasteiger partial charge < -0.3 is 14.5 Å². The lowest BCUT2D eigenvalue weighted by molar-refractivity contribution is 0.0920. The number of aryl methyl sites for hydroxylation is 2. The third kappa shape index (κ3) is 5.98. The van der Waals surface area contributed by atoms with Crippen molar-refractivity contribution in [1.29, 1.82) is 0 Å². The van der Waals surface area contributed by atoms with Crippen LogP contribution in [0.5, 0.6) is 5.75 Å². The van der Waals surface area contributed by atoms with Crippen molar-refractivity contribution in [2.75, 3.05) is 13.2 Å². The molecule has 1 heterocycles. The predicted octanol–water partition coefficient (Wildman–Crippen LogP) is 5.22. The number of carbonyl (C=O) groups is 2. The maximum Gasteiger partial charge on any atom is 0.307 e. The first-order chi connectivity index (χ1) is 16.6. The van der Waals surface area contributed by atoms with Crippen LogP contribution in [0.15, 0.2) is 88.2 Å². The Balaban J connectivity index is 1.35. The van der Waals surface area contributed by atoms with Crippen LogP contribution in [-0.2, 0) is 12.8 Å². The van der Waals surface area contributed by atoms with Gasteiger partial charge in [-0.15, -0.1) is 0 Å². The topological polar surface area (TPSA) is 101 Å². The number of ether oxygens (including phenoxy) is 1. The third-order valence-electron chi connectivity index (χ3n) is 5.19. The average molecular weight is 477 g/mol. The van der Waals surface area contributed by atoms with Gasteiger partial charge in [0.25, 0.3) is 5.91 Å². The second kappa shape index (κ2) is 11.4. The second-order valence-electron chi connectivity index (χ2n) is 7.47. The molecule has 0 bridgehead atoms. The number of amides is 2. The second-order valence-corrected chi connectivity index (χ2v) is 8.51. The zero-order chi connectivity index (χ0) is 23.8. The molecule has 0 spiro atoms. The first-order valence-electron chi connectivity index (χ1n) is 10.8. The molecule has 0 fully saturated rings. The van der Waals surface area contributed by atoms with Crippen LogP contribution in [-0.4, -0.2) is 29.5 Å². The van der Waals surface area contributed by atoms with Gasteiger partial charge in [-0.1, -0.05) is 48.5 Å². The summed E-state index contributed by atoms with van der Waals surface area (Å²) < 4.78 is 11.6. The lowest BCUT2D eigenvalue weighted by Crippen LogP contribution is -2.28. The zero-order valence-corrected chi connectivity index (χ0v) is 19.1. The molecular formula is C26H24N2O5S. The van der Waals surface area contributed by atoms with Gasteiger partial charge in [0.05, 0.1) is 6.54 Å². The number of rotatable bonds is 9. The summed E-state index contributed by atoms with van der Waals surface area (Å²) in [6, 6.07) is 24.7. The van der Waals surface area contributed by atoms with Crippen LogP contribution < -0.4 is 15.5 Å². The van der Waals surface area contributed by atoms with Crippen LogP contribution in [0.2, 0.25) is 0 Å². The van der Waals surface area contributed by atoms with Crippen LogP contribution in [0.3, 0.4) is 0 Å². The molecule has 0 saturated heterocycles. The van der Waals surface area contributed by atoms with E-state index >= 15 is 0 Å². The van der Waals surface area contributed by atoms with Gasteiger partial charge in [-0.25, -0.2) is 5.48 Å². The lowest BCUT2D eigenvalue weighted by atomic mass is 10.0. The number of furan rings is 1. The number of hydrogen-bond acceptors (Lipinski definition) is 6. The number of hydroxylamine groups is 1. The molecule has 8 heteroatoms. The molecule has 0 radical (unpaired) electrons. The third-order valence-corrected chi connectivity index (χ3v) is 5.98. The normalized spacial score (nSPS) is 10.7. The summed E-state index contributed by atoms with van der Waals surface area (Å²) in [5, 5.41) is 11.8. The molecule has 174 valence electrons. The highest BCUT2D eigenvalue weighted by Crippen LogP contribution is 2.27. The van der Waals surface area contributed by atoms with Crippen LogP contribution >= 0.6 is 11.8 Å². The highest BCUT2D eigenvalue weighted by Gasteiger charge is 2.20. The van der Waals surface area contributed by atoms with Crippen molar-refractivity contribution < 1.29 is 24.0 Å². The van der Waals surface area contributed by atoms with Gasteiger partial charge in [-0.2, -0.15) is 0 Å². The molecule has 3 aromatic carbocycles. The fraction of sp³-hybridized carbons (Fsp3) is 0.154. The summed E-state index contributed by atoms with van der Waals surface area (Å²) in [5.41, 5.74) is 4.37. The predicted molar refractivity (Wildman–Crippen MR) is 131 cm³/mol. The van der Waals surface area contributed by atoms with Crippen LogP contribution in [0.4, 0.5) is 4.79 Å². The van der Waals surface area contributed by atoms with E-state index in [9.17, 15) is 9.59 Å². The molecular weight excluding hydrogens is 452 g/mol. The van der Waals surface area contributed by atoms with E-state index < -0.39 is 5.24 Å². The Morgan fingerprint density at radius 1 is 0.912 bits per heavy atom. The first kappa shape index (κ1) is 23.4. The molecule has 3 N–H and O–H groups in total.